The molecule has 4 rings (SSSR count). The third kappa shape index (κ3) is 3.97. The van der Waals surface area contributed by atoms with E-state index in [0.717, 1.165) is 42.4 Å². The molecule has 0 aliphatic carbocycles. The second-order valence-corrected chi connectivity index (χ2v) is 6.91. The number of para-hydroxylation sites is 1. The number of hydrogen-bond acceptors (Lipinski definition) is 5. The molecule has 2 heterocycles. The van der Waals surface area contributed by atoms with Crippen LogP contribution >= 0.6 is 0 Å². The predicted octanol–water partition coefficient (Wildman–Crippen LogP) is 3.36. The van der Waals surface area contributed by atoms with Crippen molar-refractivity contribution >= 4 is 0 Å². The average Bonchev–Trinajstić information content (AvgIpc) is 3.18. The highest BCUT2D eigenvalue weighted by atomic mass is 16.5. The monoisotopic (exact) mass is 379 g/mol. The van der Waals surface area contributed by atoms with E-state index in [1.54, 1.807) is 14.2 Å². The summed E-state index contributed by atoms with van der Waals surface area (Å²) in [6, 6.07) is 14.4. The van der Waals surface area contributed by atoms with Crippen molar-refractivity contribution in [1.82, 2.24) is 14.5 Å². The van der Waals surface area contributed by atoms with E-state index in [4.69, 9.17) is 14.2 Å². The molecule has 1 aliphatic heterocycles. The van der Waals surface area contributed by atoms with E-state index in [1.165, 1.54) is 5.56 Å². The maximum absolute atomic E-state index is 6.14. The number of rotatable bonds is 6. The maximum atomic E-state index is 6.14. The lowest BCUT2D eigenvalue weighted by Crippen LogP contribution is -2.40. The molecule has 0 spiro atoms. The second-order valence-electron chi connectivity index (χ2n) is 6.91. The van der Waals surface area contributed by atoms with Crippen molar-refractivity contribution in [2.75, 3.05) is 20.8 Å². The van der Waals surface area contributed by atoms with Crippen LogP contribution in [-0.2, 0) is 19.6 Å². The Morgan fingerprint density at radius 1 is 1.14 bits per heavy atom. The van der Waals surface area contributed by atoms with E-state index in [0.29, 0.717) is 6.61 Å². The molecule has 0 radical (unpaired) electrons. The molecule has 0 saturated heterocycles. The highest BCUT2D eigenvalue weighted by Gasteiger charge is 2.26. The van der Waals surface area contributed by atoms with Crippen molar-refractivity contribution in [2.24, 2.45) is 0 Å². The van der Waals surface area contributed by atoms with Crippen molar-refractivity contribution in [2.45, 2.75) is 25.7 Å². The fraction of sp³-hybridized carbons (Fsp3) is 0.318. The van der Waals surface area contributed by atoms with Crippen LogP contribution in [0, 0.1) is 0 Å². The van der Waals surface area contributed by atoms with Crippen LogP contribution < -0.4 is 14.2 Å². The largest absolute Gasteiger partial charge is 0.497 e. The number of methoxy groups -OCH3 is 2. The van der Waals surface area contributed by atoms with Crippen LogP contribution in [0.3, 0.4) is 0 Å². The van der Waals surface area contributed by atoms with E-state index >= 15 is 0 Å². The molecule has 1 atom stereocenters. The van der Waals surface area contributed by atoms with Crippen LogP contribution in [0.1, 0.15) is 11.1 Å². The molecule has 0 bridgehead atoms. The molecule has 3 aromatic rings. The van der Waals surface area contributed by atoms with Gasteiger partial charge in [-0.1, -0.05) is 24.3 Å². The van der Waals surface area contributed by atoms with Crippen LogP contribution in [0.15, 0.2) is 61.2 Å². The lowest BCUT2D eigenvalue weighted by atomic mass is 10.1. The van der Waals surface area contributed by atoms with Gasteiger partial charge < -0.3 is 18.8 Å². The fourth-order valence-electron chi connectivity index (χ4n) is 3.61. The minimum atomic E-state index is 0.202. The van der Waals surface area contributed by atoms with Crippen LogP contribution in [0.5, 0.6) is 17.2 Å². The van der Waals surface area contributed by atoms with Gasteiger partial charge in [-0.05, 0) is 12.1 Å². The zero-order chi connectivity index (χ0) is 19.3. The first-order valence-electron chi connectivity index (χ1n) is 9.38. The van der Waals surface area contributed by atoms with E-state index in [2.05, 4.69) is 32.7 Å². The average molecular weight is 379 g/mol. The summed E-state index contributed by atoms with van der Waals surface area (Å²) in [5, 5.41) is 0. The molecular formula is C22H25N3O3. The number of nitrogens with zero attached hydrogens (tertiary/aromatic N) is 3. The third-order valence-electron chi connectivity index (χ3n) is 5.14. The summed E-state index contributed by atoms with van der Waals surface area (Å²) >= 11 is 0. The van der Waals surface area contributed by atoms with Crippen molar-refractivity contribution in [3.05, 3.63) is 72.3 Å². The first-order valence-corrected chi connectivity index (χ1v) is 9.38. The van der Waals surface area contributed by atoms with E-state index in [1.807, 2.05) is 43.0 Å². The van der Waals surface area contributed by atoms with Crippen LogP contribution in [0.25, 0.3) is 0 Å². The van der Waals surface area contributed by atoms with Crippen molar-refractivity contribution in [3.8, 4) is 17.2 Å². The van der Waals surface area contributed by atoms with Gasteiger partial charge in [-0.3, -0.25) is 4.90 Å². The summed E-state index contributed by atoms with van der Waals surface area (Å²) in [6.45, 7) is 3.00. The van der Waals surface area contributed by atoms with Gasteiger partial charge in [0.15, 0.2) is 0 Å². The highest BCUT2D eigenvalue weighted by Crippen LogP contribution is 2.30. The lowest BCUT2D eigenvalue weighted by molar-refractivity contribution is 0.123. The third-order valence-corrected chi connectivity index (χ3v) is 5.14. The van der Waals surface area contributed by atoms with E-state index in [9.17, 15) is 0 Å². The first kappa shape index (κ1) is 18.4. The molecule has 6 heteroatoms. The van der Waals surface area contributed by atoms with Crippen LogP contribution in [0.4, 0.5) is 0 Å². The molecule has 0 fully saturated rings. The number of aromatic nitrogens is 2. The second kappa shape index (κ2) is 8.35. The molecule has 1 aromatic heterocycles. The molecule has 0 saturated carbocycles. The van der Waals surface area contributed by atoms with Gasteiger partial charge >= 0.3 is 0 Å². The molecule has 28 heavy (non-hydrogen) atoms. The molecule has 146 valence electrons. The summed E-state index contributed by atoms with van der Waals surface area (Å²) in [6.07, 6.45) is 5.65. The molecule has 1 aliphatic rings. The maximum Gasteiger partial charge on any atom is 0.127 e. The standard InChI is InChI=1S/C22H25N3O3/c1-26-20-8-7-18(22(11-20)27-2)13-25-12-17-5-3-4-6-21(17)28-15-19(25)14-24-10-9-23-16-24/h3-11,16,19H,12-15H2,1-2H3/t19-/m0/s1. The van der Waals surface area contributed by atoms with Gasteiger partial charge in [0.1, 0.15) is 23.9 Å². The van der Waals surface area contributed by atoms with Gasteiger partial charge in [0, 0.05) is 49.2 Å². The number of ether oxygens (including phenoxy) is 3. The number of imidazole rings is 1. The van der Waals surface area contributed by atoms with E-state index < -0.39 is 0 Å². The summed E-state index contributed by atoms with van der Waals surface area (Å²) in [4.78, 5) is 6.62. The zero-order valence-corrected chi connectivity index (χ0v) is 16.2. The number of fused-ring (bicyclic) bond motifs is 1. The first-order chi connectivity index (χ1) is 13.8. The SMILES string of the molecule is COc1ccc(CN2Cc3ccccc3OC[C@@H]2Cn2ccnc2)c(OC)c1. The molecular weight excluding hydrogens is 354 g/mol. The van der Waals surface area contributed by atoms with Crippen molar-refractivity contribution < 1.29 is 14.2 Å². The zero-order valence-electron chi connectivity index (χ0n) is 16.2. The Morgan fingerprint density at radius 2 is 2.04 bits per heavy atom. The normalized spacial score (nSPS) is 16.7. The van der Waals surface area contributed by atoms with Gasteiger partial charge in [-0.2, -0.15) is 0 Å². The summed E-state index contributed by atoms with van der Waals surface area (Å²) in [5.41, 5.74) is 2.32. The Kier molecular flexibility index (Phi) is 5.48. The van der Waals surface area contributed by atoms with Crippen LogP contribution in [0.2, 0.25) is 0 Å². The number of hydrogen-bond donors (Lipinski definition) is 0. The molecule has 6 nitrogen and oxygen atoms in total. The topological polar surface area (TPSA) is 48.8 Å². The van der Waals surface area contributed by atoms with E-state index in [-0.39, 0.29) is 6.04 Å². The van der Waals surface area contributed by atoms with Crippen molar-refractivity contribution in [1.29, 1.82) is 0 Å². The Balaban J connectivity index is 1.63. The summed E-state index contributed by atoms with van der Waals surface area (Å²) < 4.78 is 19.2. The molecule has 0 amide bonds. The molecule has 2 aromatic carbocycles. The van der Waals surface area contributed by atoms with Gasteiger partial charge in [0.25, 0.3) is 0 Å². The smallest absolute Gasteiger partial charge is 0.127 e. The quantitative estimate of drug-likeness (QED) is 0.657. The van der Waals surface area contributed by atoms with Crippen molar-refractivity contribution in [3.63, 3.8) is 0 Å². The fourth-order valence-corrected chi connectivity index (χ4v) is 3.61. The Hall–Kier alpha value is -2.99. The minimum absolute atomic E-state index is 0.202. The Labute approximate surface area is 165 Å². The Bertz CT molecular complexity index is 911. The lowest BCUT2D eigenvalue weighted by Gasteiger charge is -2.30. The highest BCUT2D eigenvalue weighted by molar-refractivity contribution is 5.41. The molecule has 0 unspecified atom stereocenters. The van der Waals surface area contributed by atoms with Gasteiger partial charge in [0.05, 0.1) is 26.6 Å². The Morgan fingerprint density at radius 3 is 2.82 bits per heavy atom. The predicted molar refractivity (Wildman–Crippen MR) is 107 cm³/mol. The molecule has 0 N–H and O–H groups in total. The summed E-state index contributed by atoms with van der Waals surface area (Å²) in [5.74, 6) is 2.58. The van der Waals surface area contributed by atoms with Gasteiger partial charge in [0.2, 0.25) is 0 Å². The van der Waals surface area contributed by atoms with Crippen LogP contribution in [-0.4, -0.2) is 41.3 Å². The number of benzene rings is 2. The minimum Gasteiger partial charge on any atom is -0.497 e. The summed E-state index contributed by atoms with van der Waals surface area (Å²) in [7, 11) is 3.36. The van der Waals surface area contributed by atoms with Gasteiger partial charge in [-0.15, -0.1) is 0 Å². The van der Waals surface area contributed by atoms with Gasteiger partial charge in [-0.25, -0.2) is 4.98 Å².